The molecule has 1 heterocycles. The van der Waals surface area contributed by atoms with Gasteiger partial charge in [-0.25, -0.2) is 0 Å². The van der Waals surface area contributed by atoms with E-state index in [4.69, 9.17) is 10.5 Å². The molecule has 5 unspecified atom stereocenters. The van der Waals surface area contributed by atoms with Crippen molar-refractivity contribution in [2.75, 3.05) is 0 Å². The van der Waals surface area contributed by atoms with Gasteiger partial charge >= 0.3 is 0 Å². The Balaban J connectivity index is 2.31. The SMILES string of the molecule is Cc1cccc(C(N)C2C(C)OC(C)C2C)c1C. The molecular weight excluding hydrogens is 222 g/mol. The minimum atomic E-state index is 0.0693. The Morgan fingerprint density at radius 3 is 2.33 bits per heavy atom. The van der Waals surface area contributed by atoms with Crippen LogP contribution in [-0.2, 0) is 4.74 Å². The highest BCUT2D eigenvalue weighted by atomic mass is 16.5. The number of hydrogen-bond acceptors (Lipinski definition) is 2. The second kappa shape index (κ2) is 5.02. The number of rotatable bonds is 2. The van der Waals surface area contributed by atoms with Crippen LogP contribution in [0.3, 0.4) is 0 Å². The van der Waals surface area contributed by atoms with Gasteiger partial charge in [0, 0.05) is 12.0 Å². The van der Waals surface area contributed by atoms with Crippen molar-refractivity contribution in [1.29, 1.82) is 0 Å². The molecule has 1 aromatic carbocycles. The van der Waals surface area contributed by atoms with E-state index in [9.17, 15) is 0 Å². The zero-order valence-corrected chi connectivity index (χ0v) is 12.1. The molecule has 0 radical (unpaired) electrons. The lowest BCUT2D eigenvalue weighted by atomic mass is 9.79. The maximum atomic E-state index is 6.53. The van der Waals surface area contributed by atoms with Crippen LogP contribution in [0, 0.1) is 25.7 Å². The lowest BCUT2D eigenvalue weighted by molar-refractivity contribution is 0.0489. The molecule has 0 aliphatic carbocycles. The van der Waals surface area contributed by atoms with E-state index in [0.29, 0.717) is 17.9 Å². The molecule has 100 valence electrons. The van der Waals surface area contributed by atoms with Gasteiger partial charge in [-0.3, -0.25) is 0 Å². The highest BCUT2D eigenvalue weighted by Crippen LogP contribution is 2.40. The quantitative estimate of drug-likeness (QED) is 0.869. The van der Waals surface area contributed by atoms with Crippen molar-refractivity contribution < 1.29 is 4.74 Å². The van der Waals surface area contributed by atoms with Crippen LogP contribution in [0.5, 0.6) is 0 Å². The number of hydrogen-bond donors (Lipinski definition) is 1. The molecule has 2 heteroatoms. The molecule has 18 heavy (non-hydrogen) atoms. The summed E-state index contributed by atoms with van der Waals surface area (Å²) in [6.07, 6.45) is 0.547. The number of aryl methyl sites for hydroxylation is 1. The Kier molecular flexibility index (Phi) is 3.79. The van der Waals surface area contributed by atoms with E-state index < -0.39 is 0 Å². The number of ether oxygens (including phenoxy) is 1. The summed E-state index contributed by atoms with van der Waals surface area (Å²) in [5, 5.41) is 0. The second-order valence-corrected chi connectivity index (χ2v) is 5.80. The molecule has 0 amide bonds. The van der Waals surface area contributed by atoms with Crippen LogP contribution < -0.4 is 5.73 Å². The first-order valence-corrected chi connectivity index (χ1v) is 6.90. The van der Waals surface area contributed by atoms with Gasteiger partial charge < -0.3 is 10.5 Å². The monoisotopic (exact) mass is 247 g/mol. The van der Waals surface area contributed by atoms with E-state index in [2.05, 4.69) is 52.8 Å². The summed E-state index contributed by atoms with van der Waals surface area (Å²) < 4.78 is 5.92. The summed E-state index contributed by atoms with van der Waals surface area (Å²) in [4.78, 5) is 0. The normalized spacial score (nSPS) is 33.7. The predicted molar refractivity (Wildman–Crippen MR) is 75.5 cm³/mol. The Bertz CT molecular complexity index is 429. The van der Waals surface area contributed by atoms with E-state index in [-0.39, 0.29) is 12.1 Å². The van der Waals surface area contributed by atoms with Crippen LogP contribution >= 0.6 is 0 Å². The summed E-state index contributed by atoms with van der Waals surface area (Å²) >= 11 is 0. The highest BCUT2D eigenvalue weighted by molar-refractivity contribution is 5.35. The Labute approximate surface area is 111 Å². The molecule has 0 bridgehead atoms. The minimum Gasteiger partial charge on any atom is -0.375 e. The summed E-state index contributed by atoms with van der Waals surface area (Å²) in [5.41, 5.74) is 10.4. The zero-order valence-electron chi connectivity index (χ0n) is 12.1. The summed E-state index contributed by atoms with van der Waals surface area (Å²) in [5.74, 6) is 0.912. The van der Waals surface area contributed by atoms with Gasteiger partial charge in [-0.1, -0.05) is 25.1 Å². The molecule has 1 fully saturated rings. The summed E-state index contributed by atoms with van der Waals surface area (Å²) in [6, 6.07) is 6.48. The summed E-state index contributed by atoms with van der Waals surface area (Å²) in [6.45, 7) is 10.9. The molecular formula is C16H25NO. The summed E-state index contributed by atoms with van der Waals surface area (Å²) in [7, 11) is 0. The topological polar surface area (TPSA) is 35.2 Å². The van der Waals surface area contributed by atoms with Crippen molar-refractivity contribution in [2.24, 2.45) is 17.6 Å². The average Bonchev–Trinajstić information content (AvgIpc) is 2.56. The Morgan fingerprint density at radius 1 is 1.11 bits per heavy atom. The van der Waals surface area contributed by atoms with Gasteiger partial charge in [0.25, 0.3) is 0 Å². The van der Waals surface area contributed by atoms with Crippen LogP contribution in [0.2, 0.25) is 0 Å². The molecule has 5 atom stereocenters. The van der Waals surface area contributed by atoms with Crippen molar-refractivity contribution in [3.8, 4) is 0 Å². The van der Waals surface area contributed by atoms with Gasteiger partial charge in [-0.15, -0.1) is 0 Å². The fourth-order valence-electron chi connectivity index (χ4n) is 3.25. The van der Waals surface area contributed by atoms with Crippen LogP contribution in [0.15, 0.2) is 18.2 Å². The lowest BCUT2D eigenvalue weighted by Gasteiger charge is -2.27. The molecule has 1 aliphatic rings. The average molecular weight is 247 g/mol. The Morgan fingerprint density at radius 2 is 1.78 bits per heavy atom. The van der Waals surface area contributed by atoms with Crippen molar-refractivity contribution in [2.45, 2.75) is 52.9 Å². The standard InChI is InChI=1S/C16H25NO/c1-9-7-6-8-14(10(9)2)16(17)15-11(3)12(4)18-13(15)5/h6-8,11-13,15-16H,17H2,1-5H3. The highest BCUT2D eigenvalue weighted by Gasteiger charge is 2.41. The van der Waals surface area contributed by atoms with Gasteiger partial charge in [-0.05, 0) is 50.3 Å². The van der Waals surface area contributed by atoms with Crippen molar-refractivity contribution >= 4 is 0 Å². The van der Waals surface area contributed by atoms with Gasteiger partial charge in [0.2, 0.25) is 0 Å². The lowest BCUT2D eigenvalue weighted by Crippen LogP contribution is -2.31. The van der Waals surface area contributed by atoms with Crippen LogP contribution in [0.25, 0.3) is 0 Å². The van der Waals surface area contributed by atoms with Gasteiger partial charge in [0.05, 0.1) is 12.2 Å². The molecule has 0 spiro atoms. The van der Waals surface area contributed by atoms with Crippen LogP contribution in [0.4, 0.5) is 0 Å². The first kappa shape index (κ1) is 13.6. The zero-order chi connectivity index (χ0) is 13.4. The molecule has 0 saturated carbocycles. The van der Waals surface area contributed by atoms with Crippen LogP contribution in [0.1, 0.15) is 43.5 Å². The third-order valence-electron chi connectivity index (χ3n) is 4.74. The second-order valence-electron chi connectivity index (χ2n) is 5.80. The molecule has 1 aromatic rings. The molecule has 2 rings (SSSR count). The molecule has 1 saturated heterocycles. The van der Waals surface area contributed by atoms with E-state index in [1.54, 1.807) is 0 Å². The smallest absolute Gasteiger partial charge is 0.0600 e. The fourth-order valence-corrected chi connectivity index (χ4v) is 3.25. The van der Waals surface area contributed by atoms with E-state index in [0.717, 1.165) is 0 Å². The van der Waals surface area contributed by atoms with Gasteiger partial charge in [-0.2, -0.15) is 0 Å². The molecule has 0 aromatic heterocycles. The first-order chi connectivity index (χ1) is 8.43. The van der Waals surface area contributed by atoms with Crippen LogP contribution in [-0.4, -0.2) is 12.2 Å². The third-order valence-corrected chi connectivity index (χ3v) is 4.74. The van der Waals surface area contributed by atoms with Gasteiger partial charge in [0.15, 0.2) is 0 Å². The largest absolute Gasteiger partial charge is 0.375 e. The van der Waals surface area contributed by atoms with E-state index in [1.165, 1.54) is 16.7 Å². The molecule has 1 aliphatic heterocycles. The fraction of sp³-hybridized carbons (Fsp3) is 0.625. The first-order valence-electron chi connectivity index (χ1n) is 6.90. The van der Waals surface area contributed by atoms with Crippen molar-refractivity contribution in [1.82, 2.24) is 0 Å². The van der Waals surface area contributed by atoms with Gasteiger partial charge in [0.1, 0.15) is 0 Å². The number of nitrogens with two attached hydrogens (primary N) is 1. The third kappa shape index (κ3) is 2.19. The molecule has 2 nitrogen and oxygen atoms in total. The van der Waals surface area contributed by atoms with E-state index in [1.807, 2.05) is 0 Å². The maximum absolute atomic E-state index is 6.53. The van der Waals surface area contributed by atoms with Crippen molar-refractivity contribution in [3.05, 3.63) is 34.9 Å². The maximum Gasteiger partial charge on any atom is 0.0600 e. The number of benzene rings is 1. The molecule has 2 N–H and O–H groups in total. The van der Waals surface area contributed by atoms with Crippen molar-refractivity contribution in [3.63, 3.8) is 0 Å². The minimum absolute atomic E-state index is 0.0693. The predicted octanol–water partition coefficient (Wildman–Crippen LogP) is 3.36. The van der Waals surface area contributed by atoms with E-state index >= 15 is 0 Å². The Hall–Kier alpha value is -0.860.